The molecule has 1 atom stereocenters. The summed E-state index contributed by atoms with van der Waals surface area (Å²) in [7, 11) is 0. The Labute approximate surface area is 250 Å². The molecule has 3 saturated heterocycles. The van der Waals surface area contributed by atoms with Crippen molar-refractivity contribution in [2.75, 3.05) is 36.9 Å². The van der Waals surface area contributed by atoms with Gasteiger partial charge in [0.25, 0.3) is 11.8 Å². The van der Waals surface area contributed by atoms with Crippen molar-refractivity contribution in [2.45, 2.75) is 56.5 Å². The highest BCUT2D eigenvalue weighted by atomic mass is 16.5. The highest BCUT2D eigenvalue weighted by molar-refractivity contribution is 5.97. The van der Waals surface area contributed by atoms with Crippen LogP contribution >= 0.6 is 0 Å². The van der Waals surface area contributed by atoms with Crippen LogP contribution in [0.25, 0.3) is 11.5 Å². The number of carbonyl (C=O) groups excluding carboxylic acids is 1. The van der Waals surface area contributed by atoms with Crippen molar-refractivity contribution in [3.05, 3.63) is 77.4 Å². The third kappa shape index (κ3) is 5.34. The van der Waals surface area contributed by atoms with Crippen molar-refractivity contribution < 1.29 is 14.4 Å². The number of aromatic nitrogens is 4. The van der Waals surface area contributed by atoms with Crippen LogP contribution < -0.4 is 16.0 Å². The molecular weight excluding hydrogens is 544 g/mol. The van der Waals surface area contributed by atoms with Gasteiger partial charge >= 0.3 is 0 Å². The average molecular weight is 581 g/mol. The van der Waals surface area contributed by atoms with Crippen molar-refractivity contribution >= 4 is 23.2 Å². The standard InChI is InChI=1S/C32H36N8O3/c1-31(2)17-24-21(28(42)38-31)8-9-26(35-24)36-27-16-23(34-25(19-41)20-6-4-3-5-7-20)22(18-33-27)29-37-30(39-43-29)32-10-13-40(14-11-32)15-12-32/h3-9,16,18,25,41H,10-15,17,19H2,1-2H3,(H,38,42)(H2,33,34,35,36)/t25-/m1/s1. The zero-order valence-electron chi connectivity index (χ0n) is 24.4. The lowest BCUT2D eigenvalue weighted by Gasteiger charge is -2.46. The van der Waals surface area contributed by atoms with Crippen molar-refractivity contribution in [1.82, 2.24) is 30.3 Å². The van der Waals surface area contributed by atoms with Gasteiger partial charge in [0.2, 0.25) is 0 Å². The maximum atomic E-state index is 12.5. The summed E-state index contributed by atoms with van der Waals surface area (Å²) in [5, 5.41) is 24.6. The number of hydrogen-bond donors (Lipinski definition) is 4. The van der Waals surface area contributed by atoms with Crippen LogP contribution in [0.2, 0.25) is 0 Å². The summed E-state index contributed by atoms with van der Waals surface area (Å²) in [6.45, 7) is 7.04. The largest absolute Gasteiger partial charge is 0.394 e. The number of anilines is 3. The van der Waals surface area contributed by atoms with Crippen LogP contribution in [0, 0.1) is 0 Å². The quantitative estimate of drug-likeness (QED) is 0.239. The van der Waals surface area contributed by atoms with Crippen LogP contribution in [0.5, 0.6) is 0 Å². The SMILES string of the molecule is CC1(C)Cc2nc(Nc3cc(N[C@H](CO)c4ccccc4)c(-c4nc(C56CCN(CC5)CC6)no4)cn3)ccc2C(=O)N1. The highest BCUT2D eigenvalue weighted by Crippen LogP contribution is 2.42. The Morgan fingerprint density at radius 3 is 2.53 bits per heavy atom. The van der Waals surface area contributed by atoms with Crippen LogP contribution in [0.4, 0.5) is 17.3 Å². The van der Waals surface area contributed by atoms with Crippen LogP contribution in [0.1, 0.15) is 66.6 Å². The number of amides is 1. The van der Waals surface area contributed by atoms with Crippen molar-refractivity contribution in [2.24, 2.45) is 0 Å². The van der Waals surface area contributed by atoms with E-state index in [1.807, 2.05) is 50.2 Å². The van der Waals surface area contributed by atoms with Gasteiger partial charge in [-0.1, -0.05) is 35.5 Å². The molecule has 43 heavy (non-hydrogen) atoms. The molecule has 4 aliphatic heterocycles. The summed E-state index contributed by atoms with van der Waals surface area (Å²) < 4.78 is 5.87. The van der Waals surface area contributed by atoms with Crippen LogP contribution in [-0.4, -0.2) is 67.8 Å². The Kier molecular flexibility index (Phi) is 6.86. The minimum Gasteiger partial charge on any atom is -0.394 e. The van der Waals surface area contributed by atoms with Crippen molar-refractivity contribution in [3.63, 3.8) is 0 Å². The van der Waals surface area contributed by atoms with Crippen LogP contribution in [-0.2, 0) is 11.8 Å². The maximum absolute atomic E-state index is 12.5. The normalized spacial score (nSPS) is 22.9. The number of fused-ring (bicyclic) bond motifs is 4. The summed E-state index contributed by atoms with van der Waals surface area (Å²) in [5.41, 5.74) is 3.19. The van der Waals surface area contributed by atoms with Gasteiger partial charge in [0.15, 0.2) is 5.82 Å². The number of aliphatic hydroxyl groups is 1. The number of nitrogens with zero attached hydrogens (tertiary/aromatic N) is 5. The smallest absolute Gasteiger partial charge is 0.261 e. The molecule has 1 aromatic carbocycles. The molecule has 0 radical (unpaired) electrons. The van der Waals surface area contributed by atoms with Crippen LogP contribution in [0.3, 0.4) is 0 Å². The Bertz CT molecular complexity index is 1630. The molecule has 0 saturated carbocycles. The zero-order valence-corrected chi connectivity index (χ0v) is 24.4. The lowest BCUT2D eigenvalue weighted by atomic mass is 9.71. The van der Waals surface area contributed by atoms with Gasteiger partial charge < -0.3 is 30.5 Å². The van der Waals surface area contributed by atoms with E-state index < -0.39 is 0 Å². The molecule has 4 aliphatic rings. The van der Waals surface area contributed by atoms with E-state index in [1.54, 1.807) is 18.3 Å². The third-order valence-electron chi connectivity index (χ3n) is 9.00. The van der Waals surface area contributed by atoms with Crippen molar-refractivity contribution in [3.8, 4) is 11.5 Å². The van der Waals surface area contributed by atoms with Gasteiger partial charge in [-0.05, 0) is 70.4 Å². The number of pyridine rings is 2. The van der Waals surface area contributed by atoms with E-state index >= 15 is 0 Å². The number of aliphatic hydroxyl groups excluding tert-OH is 1. The van der Waals surface area contributed by atoms with Crippen LogP contribution in [0.15, 0.2) is 59.3 Å². The molecule has 2 bridgehead atoms. The average Bonchev–Trinajstić information content (AvgIpc) is 3.52. The molecule has 0 aliphatic carbocycles. The van der Waals surface area contributed by atoms with E-state index in [0.29, 0.717) is 40.8 Å². The van der Waals surface area contributed by atoms with Crippen molar-refractivity contribution in [1.29, 1.82) is 0 Å². The molecule has 4 aromatic rings. The Morgan fingerprint density at radius 2 is 1.79 bits per heavy atom. The van der Waals surface area contributed by atoms with E-state index in [0.717, 1.165) is 56.0 Å². The second-order valence-electron chi connectivity index (χ2n) is 12.5. The summed E-state index contributed by atoms with van der Waals surface area (Å²) in [5.74, 6) is 2.17. The van der Waals surface area contributed by atoms with Gasteiger partial charge in [0.1, 0.15) is 11.6 Å². The fraction of sp³-hybridized carbons (Fsp3) is 0.406. The van der Waals surface area contributed by atoms with Gasteiger partial charge in [0, 0.05) is 29.6 Å². The third-order valence-corrected chi connectivity index (χ3v) is 9.00. The zero-order chi connectivity index (χ0) is 29.6. The molecule has 0 spiro atoms. The number of piperidine rings is 3. The first-order valence-corrected chi connectivity index (χ1v) is 14.9. The second-order valence-corrected chi connectivity index (χ2v) is 12.5. The molecule has 11 nitrogen and oxygen atoms in total. The number of benzene rings is 1. The van der Waals surface area contributed by atoms with Gasteiger partial charge in [0.05, 0.1) is 35.2 Å². The van der Waals surface area contributed by atoms with E-state index in [2.05, 4.69) is 31.0 Å². The predicted molar refractivity (Wildman–Crippen MR) is 162 cm³/mol. The molecule has 8 rings (SSSR count). The van der Waals surface area contributed by atoms with E-state index in [4.69, 9.17) is 14.5 Å². The topological polar surface area (TPSA) is 141 Å². The second kappa shape index (κ2) is 10.7. The fourth-order valence-electron chi connectivity index (χ4n) is 6.51. The van der Waals surface area contributed by atoms with E-state index in [1.165, 1.54) is 0 Å². The summed E-state index contributed by atoms with van der Waals surface area (Å²) in [6, 6.07) is 14.8. The number of carbonyl (C=O) groups is 1. The lowest BCUT2D eigenvalue weighted by Crippen LogP contribution is -2.51. The Hall–Kier alpha value is -4.35. The van der Waals surface area contributed by atoms with Gasteiger partial charge in [-0.15, -0.1) is 0 Å². The summed E-state index contributed by atoms with van der Waals surface area (Å²) in [6.07, 6.45) is 5.43. The molecule has 4 N–H and O–H groups in total. The molecule has 3 fully saturated rings. The molecular formula is C32H36N8O3. The molecule has 11 heteroatoms. The lowest BCUT2D eigenvalue weighted by molar-refractivity contribution is 0.0747. The molecule has 1 amide bonds. The Balaban J connectivity index is 1.22. The first-order valence-electron chi connectivity index (χ1n) is 14.9. The highest BCUT2D eigenvalue weighted by Gasteiger charge is 2.44. The number of hydrogen-bond acceptors (Lipinski definition) is 10. The minimum absolute atomic E-state index is 0.0414. The number of rotatable bonds is 8. The molecule has 7 heterocycles. The Morgan fingerprint density at radius 1 is 1.02 bits per heavy atom. The first-order chi connectivity index (χ1) is 20.8. The first kappa shape index (κ1) is 27.5. The predicted octanol–water partition coefficient (Wildman–Crippen LogP) is 4.22. The molecule has 0 unspecified atom stereocenters. The monoisotopic (exact) mass is 580 g/mol. The maximum Gasteiger partial charge on any atom is 0.261 e. The van der Waals surface area contributed by atoms with Gasteiger partial charge in [-0.25, -0.2) is 9.97 Å². The molecule has 222 valence electrons. The minimum atomic E-state index is -0.374. The van der Waals surface area contributed by atoms with Gasteiger partial charge in [-0.2, -0.15) is 4.98 Å². The van der Waals surface area contributed by atoms with Gasteiger partial charge in [-0.3, -0.25) is 4.79 Å². The van der Waals surface area contributed by atoms with E-state index in [9.17, 15) is 9.90 Å². The molecule has 3 aromatic heterocycles. The number of nitrogens with one attached hydrogen (secondary N) is 3. The summed E-state index contributed by atoms with van der Waals surface area (Å²) >= 11 is 0. The fourth-order valence-corrected chi connectivity index (χ4v) is 6.51. The summed E-state index contributed by atoms with van der Waals surface area (Å²) in [4.78, 5) is 29.4. The van der Waals surface area contributed by atoms with E-state index in [-0.39, 0.29) is 29.5 Å².